The van der Waals surface area contributed by atoms with Gasteiger partial charge in [-0.2, -0.15) is 0 Å². The van der Waals surface area contributed by atoms with Gasteiger partial charge in [-0.3, -0.25) is 0 Å². The molecule has 1 fully saturated rings. The minimum Gasteiger partial charge on any atom is -0.346 e. The Bertz CT molecular complexity index is 1070. The molecule has 4 aromatic rings. The van der Waals surface area contributed by atoms with Gasteiger partial charge in [0.15, 0.2) is 6.29 Å². The first-order valence-electron chi connectivity index (χ1n) is 10.7. The topological polar surface area (TPSA) is 18.5 Å². The minimum absolute atomic E-state index is 0.307. The van der Waals surface area contributed by atoms with Crippen molar-refractivity contribution < 1.29 is 9.47 Å². The Morgan fingerprint density at radius 3 is 1.65 bits per heavy atom. The highest BCUT2D eigenvalue weighted by atomic mass is 31.2. The van der Waals surface area contributed by atoms with E-state index < -0.39 is 7.26 Å². The van der Waals surface area contributed by atoms with E-state index in [1.807, 2.05) is 0 Å². The molecule has 0 aromatic heterocycles. The summed E-state index contributed by atoms with van der Waals surface area (Å²) >= 11 is 0. The monoisotopic (exact) mass is 425 g/mol. The van der Waals surface area contributed by atoms with Crippen molar-refractivity contribution in [2.45, 2.75) is 12.5 Å². The summed E-state index contributed by atoms with van der Waals surface area (Å²) in [4.78, 5) is 0. The SMILES string of the molecule is c1ccc(C[P+](c2ccccc2)(c2ccccc2)c2ccccc2C2OCCO2)cc1. The molecule has 0 unspecified atom stereocenters. The van der Waals surface area contributed by atoms with Gasteiger partial charge in [0.2, 0.25) is 0 Å². The van der Waals surface area contributed by atoms with Crippen LogP contribution in [0.2, 0.25) is 0 Å². The lowest BCUT2D eigenvalue weighted by molar-refractivity contribution is -0.0433. The molecule has 0 aliphatic carbocycles. The minimum atomic E-state index is -2.03. The molecule has 0 radical (unpaired) electrons. The Morgan fingerprint density at radius 2 is 1.06 bits per heavy atom. The van der Waals surface area contributed by atoms with E-state index >= 15 is 0 Å². The van der Waals surface area contributed by atoms with E-state index in [2.05, 4.69) is 115 Å². The van der Waals surface area contributed by atoms with Crippen LogP contribution in [-0.2, 0) is 15.6 Å². The fourth-order valence-corrected chi connectivity index (χ4v) is 8.96. The first kappa shape index (κ1) is 20.2. The van der Waals surface area contributed by atoms with Crippen molar-refractivity contribution in [3.8, 4) is 0 Å². The second-order valence-corrected chi connectivity index (χ2v) is 11.2. The van der Waals surface area contributed by atoms with E-state index in [9.17, 15) is 0 Å². The van der Waals surface area contributed by atoms with E-state index in [1.165, 1.54) is 21.5 Å². The fraction of sp³-hybridized carbons (Fsp3) is 0.143. The smallest absolute Gasteiger partial charge is 0.187 e. The molecule has 5 rings (SSSR count). The summed E-state index contributed by atoms with van der Waals surface area (Å²) in [6, 6.07) is 41.5. The maximum Gasteiger partial charge on any atom is 0.187 e. The summed E-state index contributed by atoms with van der Waals surface area (Å²) < 4.78 is 12.0. The molecule has 0 amide bonds. The van der Waals surface area contributed by atoms with E-state index in [4.69, 9.17) is 9.47 Å². The third-order valence-electron chi connectivity index (χ3n) is 5.88. The molecule has 31 heavy (non-hydrogen) atoms. The van der Waals surface area contributed by atoms with Gasteiger partial charge in [-0.15, -0.1) is 0 Å². The van der Waals surface area contributed by atoms with Gasteiger partial charge in [0.25, 0.3) is 0 Å². The van der Waals surface area contributed by atoms with Gasteiger partial charge < -0.3 is 9.47 Å². The van der Waals surface area contributed by atoms with Gasteiger partial charge in [0.1, 0.15) is 23.2 Å². The van der Waals surface area contributed by atoms with Gasteiger partial charge in [-0.25, -0.2) is 0 Å². The van der Waals surface area contributed by atoms with Gasteiger partial charge in [-0.1, -0.05) is 78.9 Å². The normalized spacial score (nSPS) is 14.6. The molecule has 2 nitrogen and oxygen atoms in total. The second kappa shape index (κ2) is 9.16. The van der Waals surface area contributed by atoms with Crippen molar-refractivity contribution in [2.75, 3.05) is 13.2 Å². The second-order valence-electron chi connectivity index (χ2n) is 7.76. The molecule has 0 bridgehead atoms. The largest absolute Gasteiger partial charge is 0.346 e. The zero-order valence-corrected chi connectivity index (χ0v) is 18.3. The standard InChI is InChI=1S/C28H26O2P/c1-4-12-23(13-5-1)22-31(24-14-6-2-7-15-24,25-16-8-3-9-17-25)27-19-11-10-18-26(27)28-29-20-21-30-28/h1-19,28H,20-22H2/q+1. The van der Waals surface area contributed by atoms with Crippen molar-refractivity contribution in [3.05, 3.63) is 126 Å². The van der Waals surface area contributed by atoms with E-state index in [0.717, 1.165) is 11.7 Å². The number of ether oxygens (including phenoxy) is 2. The predicted molar refractivity (Wildman–Crippen MR) is 130 cm³/mol. The van der Waals surface area contributed by atoms with Gasteiger partial charge in [-0.05, 0) is 42.0 Å². The Morgan fingerprint density at radius 1 is 0.581 bits per heavy atom. The molecular weight excluding hydrogens is 399 g/mol. The summed E-state index contributed by atoms with van der Waals surface area (Å²) in [6.07, 6.45) is 0.643. The van der Waals surface area contributed by atoms with Crippen molar-refractivity contribution in [1.29, 1.82) is 0 Å². The highest BCUT2D eigenvalue weighted by Crippen LogP contribution is 2.59. The summed E-state index contributed by atoms with van der Waals surface area (Å²) in [7, 11) is -2.03. The molecule has 1 saturated heterocycles. The molecule has 4 aromatic carbocycles. The van der Waals surface area contributed by atoms with E-state index in [1.54, 1.807) is 0 Å². The summed E-state index contributed by atoms with van der Waals surface area (Å²) in [6.45, 7) is 1.28. The Kier molecular flexibility index (Phi) is 5.95. The fourth-order valence-electron chi connectivity index (χ4n) is 4.49. The lowest BCUT2D eigenvalue weighted by Gasteiger charge is -2.30. The van der Waals surface area contributed by atoms with Crippen LogP contribution in [0.1, 0.15) is 17.4 Å². The van der Waals surface area contributed by atoms with Crippen LogP contribution in [0.25, 0.3) is 0 Å². The van der Waals surface area contributed by atoms with E-state index in [0.29, 0.717) is 13.2 Å². The Hall–Kier alpha value is -2.77. The molecule has 0 N–H and O–H groups in total. The first-order valence-corrected chi connectivity index (χ1v) is 12.7. The zero-order valence-electron chi connectivity index (χ0n) is 17.4. The average Bonchev–Trinajstić information content (AvgIpc) is 3.39. The van der Waals surface area contributed by atoms with Crippen LogP contribution in [0, 0.1) is 0 Å². The molecule has 0 atom stereocenters. The van der Waals surface area contributed by atoms with Crippen LogP contribution in [0.4, 0.5) is 0 Å². The number of benzene rings is 4. The van der Waals surface area contributed by atoms with Crippen LogP contribution >= 0.6 is 7.26 Å². The molecule has 154 valence electrons. The van der Waals surface area contributed by atoms with Crippen LogP contribution in [0.3, 0.4) is 0 Å². The molecule has 1 aliphatic rings. The molecule has 0 saturated carbocycles. The summed E-state index contributed by atoms with van der Waals surface area (Å²) in [5, 5.41) is 4.08. The highest BCUT2D eigenvalue weighted by molar-refractivity contribution is 7.95. The zero-order chi connectivity index (χ0) is 20.9. The van der Waals surface area contributed by atoms with Gasteiger partial charge in [0, 0.05) is 0 Å². The maximum absolute atomic E-state index is 5.99. The maximum atomic E-state index is 5.99. The lowest BCUT2D eigenvalue weighted by Crippen LogP contribution is -2.35. The number of hydrogen-bond donors (Lipinski definition) is 0. The quantitative estimate of drug-likeness (QED) is 0.394. The van der Waals surface area contributed by atoms with E-state index in [-0.39, 0.29) is 6.29 Å². The highest BCUT2D eigenvalue weighted by Gasteiger charge is 2.48. The number of hydrogen-bond acceptors (Lipinski definition) is 2. The third-order valence-corrected chi connectivity index (χ3v) is 10.3. The lowest BCUT2D eigenvalue weighted by atomic mass is 10.2. The molecule has 1 heterocycles. The Balaban J connectivity index is 1.81. The number of rotatable bonds is 6. The van der Waals surface area contributed by atoms with Crippen molar-refractivity contribution in [2.24, 2.45) is 0 Å². The average molecular weight is 425 g/mol. The molecular formula is C28H26O2P+. The van der Waals surface area contributed by atoms with Crippen LogP contribution in [0.5, 0.6) is 0 Å². The molecule has 1 aliphatic heterocycles. The van der Waals surface area contributed by atoms with Crippen molar-refractivity contribution in [3.63, 3.8) is 0 Å². The molecule has 3 heteroatoms. The van der Waals surface area contributed by atoms with Crippen molar-refractivity contribution >= 4 is 23.2 Å². The van der Waals surface area contributed by atoms with Crippen LogP contribution < -0.4 is 15.9 Å². The van der Waals surface area contributed by atoms with Crippen LogP contribution in [0.15, 0.2) is 115 Å². The van der Waals surface area contributed by atoms with Gasteiger partial charge in [0.05, 0.1) is 24.9 Å². The first-order chi connectivity index (χ1) is 15.4. The van der Waals surface area contributed by atoms with Crippen molar-refractivity contribution in [1.82, 2.24) is 0 Å². The van der Waals surface area contributed by atoms with Crippen LogP contribution in [-0.4, -0.2) is 13.2 Å². The summed E-state index contributed by atoms with van der Waals surface area (Å²) in [5.74, 6) is 0. The van der Waals surface area contributed by atoms with Gasteiger partial charge >= 0.3 is 0 Å². The summed E-state index contributed by atoms with van der Waals surface area (Å²) in [5.41, 5.74) is 2.49. The Labute approximate surface area is 184 Å². The third kappa shape index (κ3) is 3.95. The molecule has 0 spiro atoms. The predicted octanol–water partition coefficient (Wildman–Crippen LogP) is 5.23.